The van der Waals surface area contributed by atoms with E-state index in [2.05, 4.69) is 31.4 Å². The number of hydrogen-bond acceptors (Lipinski definition) is 5. The number of primary amides is 1. The molecule has 0 aliphatic heterocycles. The van der Waals surface area contributed by atoms with Crippen molar-refractivity contribution in [3.05, 3.63) is 0 Å². The van der Waals surface area contributed by atoms with Gasteiger partial charge in [-0.25, -0.2) is 14.4 Å². The van der Waals surface area contributed by atoms with Crippen molar-refractivity contribution in [2.75, 3.05) is 6.54 Å². The third kappa shape index (κ3) is 8.29. The SMILES string of the molecule is CC12CCC3C(C)(C)C31CC2.NCCCC[C@H](NC(=O)N[C@H](CC1CCCCC1)C(N)=O)C(=O)O.O=C(O)C(F)(F)F. The van der Waals surface area contributed by atoms with Crippen molar-refractivity contribution in [3.63, 3.8) is 0 Å². The summed E-state index contributed by atoms with van der Waals surface area (Å²) in [6.45, 7) is 8.00. The Morgan fingerprint density at radius 3 is 1.86 bits per heavy atom. The zero-order chi connectivity index (χ0) is 31.9. The molecule has 5 atom stereocenters. The molecule has 3 unspecified atom stereocenters. The van der Waals surface area contributed by atoms with Gasteiger partial charge < -0.3 is 32.3 Å². The predicted octanol–water partition coefficient (Wildman–Crippen LogP) is 4.55. The lowest BCUT2D eigenvalue weighted by molar-refractivity contribution is -0.192. The predicted molar refractivity (Wildman–Crippen MR) is 150 cm³/mol. The van der Waals surface area contributed by atoms with E-state index in [9.17, 15) is 27.6 Å². The van der Waals surface area contributed by atoms with Crippen LogP contribution in [0.15, 0.2) is 0 Å². The van der Waals surface area contributed by atoms with Crippen LogP contribution in [0.3, 0.4) is 0 Å². The quantitative estimate of drug-likeness (QED) is 0.197. The average Bonchev–Trinajstić information content (AvgIpc) is 3.34. The highest BCUT2D eigenvalue weighted by atomic mass is 19.4. The van der Waals surface area contributed by atoms with Gasteiger partial charge in [0.2, 0.25) is 5.91 Å². The molecule has 0 radical (unpaired) electrons. The van der Waals surface area contributed by atoms with Gasteiger partial charge in [0, 0.05) is 0 Å². The molecule has 1 spiro atoms. The summed E-state index contributed by atoms with van der Waals surface area (Å²) in [4.78, 5) is 43.7. The fraction of sp³-hybridized carbons (Fsp3) is 0.862. The summed E-state index contributed by atoms with van der Waals surface area (Å²) in [6.07, 6.45) is 8.67. The molecule has 0 aromatic heterocycles. The molecule has 4 saturated carbocycles. The van der Waals surface area contributed by atoms with Crippen LogP contribution < -0.4 is 22.1 Å². The van der Waals surface area contributed by atoms with Gasteiger partial charge in [0.15, 0.2) is 0 Å². The van der Waals surface area contributed by atoms with Gasteiger partial charge in [-0.15, -0.1) is 0 Å². The Morgan fingerprint density at radius 1 is 0.905 bits per heavy atom. The second-order valence-electron chi connectivity index (χ2n) is 13.1. The normalized spacial score (nSPS) is 28.5. The molecular weight excluding hydrogens is 557 g/mol. The molecule has 13 heteroatoms. The number of carbonyl (C=O) groups excluding carboxylic acids is 2. The van der Waals surface area contributed by atoms with Gasteiger partial charge in [-0.3, -0.25) is 4.79 Å². The number of aliphatic carboxylic acids is 2. The van der Waals surface area contributed by atoms with Crippen molar-refractivity contribution in [3.8, 4) is 0 Å². The Bertz CT molecular complexity index is 972. The second kappa shape index (κ2) is 14.3. The third-order valence-electron chi connectivity index (χ3n) is 10.4. The smallest absolute Gasteiger partial charge is 0.480 e. The van der Waals surface area contributed by atoms with Gasteiger partial charge >= 0.3 is 24.1 Å². The zero-order valence-corrected chi connectivity index (χ0v) is 25.0. The third-order valence-corrected chi connectivity index (χ3v) is 10.4. The molecule has 242 valence electrons. The standard InChI is InChI=1S/C16H30N4O4.C11H18.C2HF3O2/c17-9-5-4-8-12(15(22)23)19-16(24)20-13(14(18)21)10-11-6-2-1-3-7-11;1-9(2)8-4-5-10(3)6-7-11(8,9)10;3-2(4,5)1(6)7/h11-13H,1-10,17H2,(H2,18,21)(H,22,23)(H2,19,20,24);8H,4-7H2,1-3H3;(H,6,7)/t12-,13+;;/m0../s1. The first-order chi connectivity index (χ1) is 19.4. The Hall–Kier alpha value is -2.57. The summed E-state index contributed by atoms with van der Waals surface area (Å²) in [5, 5.41) is 21.2. The van der Waals surface area contributed by atoms with Gasteiger partial charge in [-0.05, 0) is 86.0 Å². The Balaban J connectivity index is 0.000000276. The van der Waals surface area contributed by atoms with Crippen LogP contribution in [0.4, 0.5) is 18.0 Å². The highest BCUT2D eigenvalue weighted by Gasteiger charge is 2.83. The molecule has 4 rings (SSSR count). The molecule has 0 bridgehead atoms. The lowest BCUT2D eigenvalue weighted by Gasteiger charge is -2.49. The van der Waals surface area contributed by atoms with E-state index in [1.54, 1.807) is 6.42 Å². The maximum absolute atomic E-state index is 12.0. The summed E-state index contributed by atoms with van der Waals surface area (Å²) in [5.41, 5.74) is 13.1. The summed E-state index contributed by atoms with van der Waals surface area (Å²) in [5.74, 6) is -2.98. The maximum Gasteiger partial charge on any atom is 0.490 e. The van der Waals surface area contributed by atoms with E-state index < -0.39 is 42.1 Å². The van der Waals surface area contributed by atoms with Crippen molar-refractivity contribution in [1.82, 2.24) is 10.6 Å². The monoisotopic (exact) mass is 606 g/mol. The van der Waals surface area contributed by atoms with Crippen molar-refractivity contribution < 1.29 is 42.6 Å². The average molecular weight is 607 g/mol. The number of carboxylic acids is 2. The first-order valence-corrected chi connectivity index (χ1v) is 15.0. The van der Waals surface area contributed by atoms with E-state index in [0.717, 1.165) is 47.8 Å². The van der Waals surface area contributed by atoms with Crippen LogP contribution in [0.25, 0.3) is 0 Å². The Morgan fingerprint density at radius 2 is 1.48 bits per heavy atom. The number of rotatable bonds is 10. The summed E-state index contributed by atoms with van der Waals surface area (Å²) in [7, 11) is 0. The number of carbonyl (C=O) groups is 4. The molecule has 8 N–H and O–H groups in total. The molecule has 0 aromatic carbocycles. The molecule has 4 aliphatic rings. The highest BCUT2D eigenvalue weighted by molar-refractivity contribution is 5.88. The number of nitrogens with two attached hydrogens (primary N) is 2. The topological polar surface area (TPSA) is 185 Å². The van der Waals surface area contributed by atoms with Gasteiger partial charge in [-0.2, -0.15) is 13.2 Å². The van der Waals surface area contributed by atoms with Crippen LogP contribution in [0.2, 0.25) is 0 Å². The van der Waals surface area contributed by atoms with Crippen molar-refractivity contribution >= 4 is 23.9 Å². The van der Waals surface area contributed by atoms with E-state index in [-0.39, 0.29) is 0 Å². The molecule has 4 fully saturated rings. The van der Waals surface area contributed by atoms with Crippen molar-refractivity contribution in [2.45, 2.75) is 123 Å². The minimum absolute atomic E-state index is 0.295. The number of urea groups is 1. The maximum atomic E-state index is 12.0. The first-order valence-electron chi connectivity index (χ1n) is 15.0. The number of alkyl halides is 3. The molecule has 3 amide bonds. The molecule has 0 saturated heterocycles. The number of amides is 3. The minimum atomic E-state index is -5.08. The molecule has 4 aliphatic carbocycles. The summed E-state index contributed by atoms with van der Waals surface area (Å²) >= 11 is 0. The van der Waals surface area contributed by atoms with E-state index in [4.69, 9.17) is 26.5 Å². The van der Waals surface area contributed by atoms with E-state index in [1.807, 2.05) is 0 Å². The van der Waals surface area contributed by atoms with Gasteiger partial charge in [0.1, 0.15) is 12.1 Å². The summed E-state index contributed by atoms with van der Waals surface area (Å²) in [6, 6.07) is -2.44. The molecule has 0 aromatic rings. The van der Waals surface area contributed by atoms with E-state index >= 15 is 0 Å². The number of halogens is 3. The Labute approximate surface area is 245 Å². The first kappa shape index (κ1) is 35.6. The highest BCUT2D eigenvalue weighted by Crippen LogP contribution is 2.90. The van der Waals surface area contributed by atoms with Gasteiger partial charge in [0.25, 0.3) is 0 Å². The van der Waals surface area contributed by atoms with Crippen LogP contribution in [0.1, 0.15) is 104 Å². The number of nitrogens with one attached hydrogen (secondary N) is 2. The second-order valence-corrected chi connectivity index (χ2v) is 13.1. The van der Waals surface area contributed by atoms with Crippen molar-refractivity contribution in [2.24, 2.45) is 39.5 Å². The molecule has 42 heavy (non-hydrogen) atoms. The van der Waals surface area contributed by atoms with Crippen LogP contribution in [0, 0.1) is 28.1 Å². The van der Waals surface area contributed by atoms with Crippen LogP contribution in [-0.4, -0.2) is 58.9 Å². The molecule has 10 nitrogen and oxygen atoms in total. The van der Waals surface area contributed by atoms with Crippen LogP contribution in [-0.2, 0) is 14.4 Å². The van der Waals surface area contributed by atoms with Gasteiger partial charge in [0.05, 0.1) is 0 Å². The van der Waals surface area contributed by atoms with Crippen LogP contribution >= 0.6 is 0 Å². The van der Waals surface area contributed by atoms with Gasteiger partial charge in [-0.1, -0.05) is 52.9 Å². The summed E-state index contributed by atoms with van der Waals surface area (Å²) < 4.78 is 31.7. The lowest BCUT2D eigenvalue weighted by Crippen LogP contribution is -2.53. The largest absolute Gasteiger partial charge is 0.490 e. The van der Waals surface area contributed by atoms with Crippen molar-refractivity contribution in [1.29, 1.82) is 0 Å². The number of hydrogen-bond donors (Lipinski definition) is 6. The molecular formula is C29H49F3N4O6. The Kier molecular flexibility index (Phi) is 12.1. The zero-order valence-electron chi connectivity index (χ0n) is 25.0. The number of carboxylic acid groups (broad SMARTS) is 2. The van der Waals surface area contributed by atoms with E-state index in [1.165, 1.54) is 25.7 Å². The fourth-order valence-corrected chi connectivity index (χ4v) is 8.01. The fourth-order valence-electron chi connectivity index (χ4n) is 8.01. The van der Waals surface area contributed by atoms with Crippen LogP contribution in [0.5, 0.6) is 0 Å². The van der Waals surface area contributed by atoms with E-state index in [0.29, 0.717) is 38.1 Å². The molecule has 0 heterocycles. The number of unbranched alkanes of at least 4 members (excludes halogenated alkanes) is 1. The minimum Gasteiger partial charge on any atom is -0.480 e. The lowest BCUT2D eigenvalue weighted by atomic mass is 9.56.